The molecule has 0 aromatic carbocycles. The Morgan fingerprint density at radius 1 is 0.627 bits per heavy atom. The fourth-order valence-electron chi connectivity index (χ4n) is 10.5. The van der Waals surface area contributed by atoms with Gasteiger partial charge in [0.1, 0.15) is 0 Å². The van der Waals surface area contributed by atoms with Gasteiger partial charge in [-0.1, -0.05) is 12.8 Å². The van der Waals surface area contributed by atoms with Gasteiger partial charge in [0.05, 0.1) is 13.2 Å². The number of nitrogens with zero attached hydrogens (tertiary/aromatic N) is 5. The fourth-order valence-corrected chi connectivity index (χ4v) is 10.5. The average molecular weight is 713 g/mol. The average Bonchev–Trinajstić information content (AvgIpc) is 2.94. The van der Waals surface area contributed by atoms with Crippen LogP contribution >= 0.6 is 0 Å². The lowest BCUT2D eigenvalue weighted by molar-refractivity contribution is 0.122. The van der Waals surface area contributed by atoms with E-state index in [0.717, 1.165) is 70.2 Å². The Hall–Kier alpha value is -1.79. The summed E-state index contributed by atoms with van der Waals surface area (Å²) >= 11 is 0. The van der Waals surface area contributed by atoms with E-state index in [-0.39, 0.29) is 39.3 Å². The molecule has 292 valence electrons. The molecule has 1 aromatic rings. The van der Waals surface area contributed by atoms with Crippen LogP contribution in [-0.4, -0.2) is 106 Å². The smallest absolute Gasteiger partial charge is 0.232 e. The monoisotopic (exact) mass is 713 g/mol. The third-order valence-corrected chi connectivity index (χ3v) is 11.2. The molecule has 4 aliphatic heterocycles. The van der Waals surface area contributed by atoms with Crippen LogP contribution in [0, 0.1) is 0 Å². The first-order valence-corrected chi connectivity index (χ1v) is 20.3. The van der Waals surface area contributed by atoms with Crippen molar-refractivity contribution in [3.05, 3.63) is 0 Å². The Morgan fingerprint density at radius 2 is 1.12 bits per heavy atom. The summed E-state index contributed by atoms with van der Waals surface area (Å²) in [4.78, 5) is 20.5. The molecule has 11 nitrogen and oxygen atoms in total. The molecule has 0 saturated carbocycles. The van der Waals surface area contributed by atoms with Crippen molar-refractivity contribution in [2.75, 3.05) is 54.5 Å². The Morgan fingerprint density at radius 3 is 1.67 bits per heavy atom. The van der Waals surface area contributed by atoms with Crippen molar-refractivity contribution < 1.29 is 4.74 Å². The molecule has 0 spiro atoms. The highest BCUT2D eigenvalue weighted by atomic mass is 16.5. The van der Waals surface area contributed by atoms with Gasteiger partial charge < -0.3 is 41.1 Å². The van der Waals surface area contributed by atoms with Gasteiger partial charge >= 0.3 is 0 Å². The topological polar surface area (TPSA) is 115 Å². The third kappa shape index (κ3) is 12.1. The molecular formula is C40H76N10O. The number of unbranched alkanes of at least 4 members (excludes halogenated alkanes) is 3. The van der Waals surface area contributed by atoms with E-state index in [0.29, 0.717) is 31.2 Å². The molecule has 1 aromatic heterocycles. The van der Waals surface area contributed by atoms with E-state index in [2.05, 4.69) is 119 Å². The Kier molecular flexibility index (Phi) is 12.3. The molecule has 0 amide bonds. The molecular weight excluding hydrogens is 637 g/mol. The zero-order chi connectivity index (χ0) is 37.3. The molecule has 5 heterocycles. The van der Waals surface area contributed by atoms with Gasteiger partial charge in [-0.3, -0.25) is 0 Å². The maximum Gasteiger partial charge on any atom is 0.232 e. The summed E-state index contributed by atoms with van der Waals surface area (Å²) in [5.41, 5.74) is 0.428. The summed E-state index contributed by atoms with van der Waals surface area (Å²) in [5, 5.41) is 19.3. The lowest BCUT2D eigenvalue weighted by atomic mass is 9.79. The molecule has 4 saturated heterocycles. The third-order valence-electron chi connectivity index (χ3n) is 11.2. The molecule has 4 aliphatic rings. The number of piperidine rings is 3. The molecule has 51 heavy (non-hydrogen) atoms. The molecule has 0 unspecified atom stereocenters. The molecule has 11 heteroatoms. The maximum absolute atomic E-state index is 5.72. The molecule has 0 bridgehead atoms. The molecule has 0 aliphatic carbocycles. The van der Waals surface area contributed by atoms with Crippen molar-refractivity contribution in [1.82, 2.24) is 36.2 Å². The second-order valence-corrected chi connectivity index (χ2v) is 20.5. The molecule has 0 atom stereocenters. The zero-order valence-corrected chi connectivity index (χ0v) is 34.7. The number of nitrogens with one attached hydrogen (secondary N) is 5. The summed E-state index contributed by atoms with van der Waals surface area (Å²) in [7, 11) is 0. The van der Waals surface area contributed by atoms with Crippen molar-refractivity contribution in [2.24, 2.45) is 0 Å². The highest BCUT2D eigenvalue weighted by molar-refractivity contribution is 5.47. The van der Waals surface area contributed by atoms with E-state index in [1.807, 2.05) is 0 Å². The standard InChI is InChI=1S/C40H76N10O/c1-35(2)23-29(24-36(3,4)46-35)41-17-15-13-14-16-18-50(31-27-39(9,10)48-40(11,12)28-31)34-44-32(43-33(45-34)49-19-21-51-22-20-49)42-30-25-37(5,6)47-38(7,8)26-30/h29-31,41,46-48H,13-28H2,1-12H3,(H,42,43,44,45). The van der Waals surface area contributed by atoms with Crippen LogP contribution < -0.4 is 36.4 Å². The second kappa shape index (κ2) is 15.5. The van der Waals surface area contributed by atoms with Gasteiger partial charge in [-0.15, -0.1) is 0 Å². The minimum Gasteiger partial charge on any atom is -0.378 e. The van der Waals surface area contributed by atoms with Crippen LogP contribution in [0.1, 0.15) is 147 Å². The van der Waals surface area contributed by atoms with Gasteiger partial charge in [0, 0.05) is 71.0 Å². The summed E-state index contributed by atoms with van der Waals surface area (Å²) in [6.07, 6.45) is 11.2. The van der Waals surface area contributed by atoms with Crippen LogP contribution in [0.5, 0.6) is 0 Å². The van der Waals surface area contributed by atoms with Gasteiger partial charge in [0.2, 0.25) is 17.8 Å². The van der Waals surface area contributed by atoms with Gasteiger partial charge in [-0.05, 0) is 141 Å². The van der Waals surface area contributed by atoms with Crippen LogP contribution in [0.15, 0.2) is 0 Å². The highest BCUT2D eigenvalue weighted by Crippen LogP contribution is 2.35. The van der Waals surface area contributed by atoms with Crippen molar-refractivity contribution in [1.29, 1.82) is 0 Å². The van der Waals surface area contributed by atoms with Crippen LogP contribution in [0.3, 0.4) is 0 Å². The van der Waals surface area contributed by atoms with Gasteiger partial charge in [0.15, 0.2) is 0 Å². The predicted molar refractivity (Wildman–Crippen MR) is 213 cm³/mol. The van der Waals surface area contributed by atoms with Gasteiger partial charge in [-0.25, -0.2) is 0 Å². The first-order valence-electron chi connectivity index (χ1n) is 20.3. The van der Waals surface area contributed by atoms with E-state index in [1.165, 1.54) is 32.1 Å². The number of anilines is 3. The van der Waals surface area contributed by atoms with E-state index < -0.39 is 0 Å². The van der Waals surface area contributed by atoms with E-state index in [9.17, 15) is 0 Å². The van der Waals surface area contributed by atoms with Crippen molar-refractivity contribution in [3.63, 3.8) is 0 Å². The number of ether oxygens (including phenoxy) is 1. The largest absolute Gasteiger partial charge is 0.378 e. The number of aromatic nitrogens is 3. The number of hydrogen-bond acceptors (Lipinski definition) is 11. The summed E-state index contributed by atoms with van der Waals surface area (Å²) in [5.74, 6) is 2.29. The lowest BCUT2D eigenvalue weighted by Gasteiger charge is -2.49. The number of morpholine rings is 1. The summed E-state index contributed by atoms with van der Waals surface area (Å²) < 4.78 is 5.72. The SMILES string of the molecule is CC1(C)CC(NCCCCCCN(c2nc(NC3CC(C)(C)NC(C)(C)C3)nc(N3CCOCC3)n2)C2CC(C)(C)NC(C)(C)C2)CC(C)(C)N1. The molecule has 5 N–H and O–H groups in total. The van der Waals surface area contributed by atoms with Crippen molar-refractivity contribution in [2.45, 2.75) is 199 Å². The minimum atomic E-state index is 0.0154. The van der Waals surface area contributed by atoms with Crippen LogP contribution in [-0.2, 0) is 4.74 Å². The van der Waals surface area contributed by atoms with Crippen molar-refractivity contribution >= 4 is 17.8 Å². The molecule has 5 rings (SSSR count). The minimum absolute atomic E-state index is 0.0154. The zero-order valence-electron chi connectivity index (χ0n) is 34.7. The lowest BCUT2D eigenvalue weighted by Crippen LogP contribution is -2.62. The highest BCUT2D eigenvalue weighted by Gasteiger charge is 2.42. The van der Waals surface area contributed by atoms with E-state index in [1.54, 1.807) is 0 Å². The van der Waals surface area contributed by atoms with Gasteiger partial charge in [-0.2, -0.15) is 15.0 Å². The number of rotatable bonds is 13. The van der Waals surface area contributed by atoms with Crippen molar-refractivity contribution in [3.8, 4) is 0 Å². The van der Waals surface area contributed by atoms with E-state index >= 15 is 0 Å². The maximum atomic E-state index is 5.72. The van der Waals surface area contributed by atoms with Crippen LogP contribution in [0.2, 0.25) is 0 Å². The Labute approximate surface area is 311 Å². The predicted octanol–water partition coefficient (Wildman–Crippen LogP) is 6.00. The van der Waals surface area contributed by atoms with E-state index in [4.69, 9.17) is 19.7 Å². The molecule has 4 fully saturated rings. The normalized spacial score (nSPS) is 26.2. The van der Waals surface area contributed by atoms with Crippen LogP contribution in [0.4, 0.5) is 17.8 Å². The molecule has 0 radical (unpaired) electrons. The fraction of sp³-hybridized carbons (Fsp3) is 0.925. The van der Waals surface area contributed by atoms with Crippen LogP contribution in [0.25, 0.3) is 0 Å². The first kappa shape index (κ1) is 40.4. The first-order chi connectivity index (χ1) is 23.6. The Bertz CT molecular complexity index is 1240. The quantitative estimate of drug-likeness (QED) is 0.155. The van der Waals surface area contributed by atoms with Gasteiger partial charge in [0.25, 0.3) is 0 Å². The second-order valence-electron chi connectivity index (χ2n) is 20.5. The number of hydrogen-bond donors (Lipinski definition) is 5. The summed E-state index contributed by atoms with van der Waals surface area (Å²) in [6, 6.07) is 1.17. The Balaban J connectivity index is 1.32. The summed E-state index contributed by atoms with van der Waals surface area (Å²) in [6.45, 7) is 32.9.